The van der Waals surface area contributed by atoms with Gasteiger partial charge in [-0.1, -0.05) is 48.6 Å². The smallest absolute Gasteiger partial charge is 0.505 e. The van der Waals surface area contributed by atoms with Gasteiger partial charge in [0.05, 0.1) is 26.9 Å². The molecule has 0 aliphatic rings. The third-order valence-corrected chi connectivity index (χ3v) is 5.17. The van der Waals surface area contributed by atoms with E-state index in [0.717, 1.165) is 5.56 Å². The molecule has 0 aliphatic carbocycles. The topological polar surface area (TPSA) is 54.0 Å². The predicted molar refractivity (Wildman–Crippen MR) is 138 cm³/mol. The SMILES string of the molecule is COc1ccc(/C=C/C(=O)/C(=C(/C=C/c2ccc(OC)cc2)OB(F)F)c2ccc(OC)cc2)cc1. The Kier molecular flexibility index (Phi) is 9.45. The summed E-state index contributed by atoms with van der Waals surface area (Å²) >= 11 is 0. The molecule has 0 aliphatic heterocycles. The number of carbonyl (C=O) groups is 1. The van der Waals surface area contributed by atoms with Crippen LogP contribution < -0.4 is 14.2 Å². The predicted octanol–water partition coefficient (Wildman–Crippen LogP) is 6.36. The number of ether oxygens (including phenoxy) is 3. The molecule has 0 N–H and O–H groups in total. The van der Waals surface area contributed by atoms with Crippen LogP contribution in [-0.2, 0) is 9.45 Å². The van der Waals surface area contributed by atoms with Crippen LogP contribution in [0.1, 0.15) is 16.7 Å². The first kappa shape index (κ1) is 26.3. The Bertz CT molecular complexity index is 1230. The molecule has 0 atom stereocenters. The number of hydrogen-bond donors (Lipinski definition) is 0. The van der Waals surface area contributed by atoms with Crippen molar-refractivity contribution in [2.24, 2.45) is 0 Å². The number of methoxy groups -OCH3 is 3. The maximum absolute atomic E-state index is 13.4. The highest BCUT2D eigenvalue weighted by Gasteiger charge is 2.24. The number of halogens is 2. The second-order valence-electron chi connectivity index (χ2n) is 7.42. The lowest BCUT2D eigenvalue weighted by molar-refractivity contribution is -0.109. The highest BCUT2D eigenvalue weighted by Crippen LogP contribution is 2.27. The molecule has 0 radical (unpaired) electrons. The number of ketones is 1. The molecule has 3 aromatic carbocycles. The van der Waals surface area contributed by atoms with Gasteiger partial charge in [0.1, 0.15) is 23.0 Å². The Hall–Kier alpha value is -4.33. The summed E-state index contributed by atoms with van der Waals surface area (Å²) in [7, 11) is 1.49. The van der Waals surface area contributed by atoms with Gasteiger partial charge in [-0.2, -0.15) is 0 Å². The van der Waals surface area contributed by atoms with Gasteiger partial charge in [0.2, 0.25) is 0 Å². The fraction of sp³-hybridized carbons (Fsp3) is 0.107. The Morgan fingerprint density at radius 3 is 1.50 bits per heavy atom. The maximum atomic E-state index is 13.4. The summed E-state index contributed by atoms with van der Waals surface area (Å²) in [6, 6.07) is 20.6. The first-order valence-electron chi connectivity index (χ1n) is 11.0. The molecular weight excluding hydrogens is 465 g/mol. The highest BCUT2D eigenvalue weighted by atomic mass is 19.2. The fourth-order valence-corrected chi connectivity index (χ4v) is 3.30. The van der Waals surface area contributed by atoms with Crippen molar-refractivity contribution in [1.82, 2.24) is 0 Å². The van der Waals surface area contributed by atoms with Gasteiger partial charge in [-0.05, 0) is 65.2 Å². The molecule has 0 bridgehead atoms. The molecule has 0 fully saturated rings. The van der Waals surface area contributed by atoms with Crippen molar-refractivity contribution >= 4 is 31.0 Å². The van der Waals surface area contributed by atoms with Crippen LogP contribution in [0.15, 0.2) is 90.7 Å². The molecule has 184 valence electrons. The van der Waals surface area contributed by atoms with Crippen LogP contribution in [0.25, 0.3) is 17.7 Å². The van der Waals surface area contributed by atoms with Crippen LogP contribution in [0.3, 0.4) is 0 Å². The summed E-state index contributed by atoms with van der Waals surface area (Å²) in [5.41, 5.74) is 1.83. The van der Waals surface area contributed by atoms with Crippen LogP contribution >= 0.6 is 0 Å². The van der Waals surface area contributed by atoms with Gasteiger partial charge in [0.15, 0.2) is 5.78 Å². The summed E-state index contributed by atoms with van der Waals surface area (Å²) in [5.74, 6) is 1.11. The summed E-state index contributed by atoms with van der Waals surface area (Å²) in [6.45, 7) is 0. The van der Waals surface area contributed by atoms with Crippen molar-refractivity contribution in [2.75, 3.05) is 21.3 Å². The lowest BCUT2D eigenvalue weighted by atomic mass is 9.98. The number of carbonyl (C=O) groups excluding carboxylic acids is 1. The second kappa shape index (κ2) is 12.9. The molecule has 0 unspecified atom stereocenters. The van der Waals surface area contributed by atoms with Crippen molar-refractivity contribution in [3.63, 3.8) is 0 Å². The average molecular weight is 490 g/mol. The number of benzene rings is 3. The Morgan fingerprint density at radius 2 is 1.08 bits per heavy atom. The lowest BCUT2D eigenvalue weighted by Gasteiger charge is -2.12. The van der Waals surface area contributed by atoms with Gasteiger partial charge in [0, 0.05) is 0 Å². The first-order chi connectivity index (χ1) is 17.4. The van der Waals surface area contributed by atoms with Gasteiger partial charge >= 0.3 is 7.47 Å². The van der Waals surface area contributed by atoms with Gasteiger partial charge < -0.3 is 18.9 Å². The third kappa shape index (κ3) is 7.34. The minimum atomic E-state index is -3.13. The number of allylic oxidation sites excluding steroid dienone is 3. The van der Waals surface area contributed by atoms with Crippen LogP contribution in [-0.4, -0.2) is 34.6 Å². The lowest BCUT2D eigenvalue weighted by Crippen LogP contribution is -2.09. The Balaban J connectivity index is 2.05. The summed E-state index contributed by atoms with van der Waals surface area (Å²) in [6.07, 6.45) is 5.85. The first-order valence-corrected chi connectivity index (χ1v) is 11.0. The third-order valence-electron chi connectivity index (χ3n) is 5.17. The van der Waals surface area contributed by atoms with E-state index < -0.39 is 13.3 Å². The van der Waals surface area contributed by atoms with E-state index in [4.69, 9.17) is 18.9 Å². The quantitative estimate of drug-likeness (QED) is 0.136. The molecule has 0 spiro atoms. The molecule has 0 heterocycles. The molecule has 0 amide bonds. The normalized spacial score (nSPS) is 11.8. The van der Waals surface area contributed by atoms with E-state index in [1.54, 1.807) is 99.2 Å². The zero-order chi connectivity index (χ0) is 25.9. The van der Waals surface area contributed by atoms with Gasteiger partial charge in [-0.15, -0.1) is 0 Å². The monoisotopic (exact) mass is 490 g/mol. The zero-order valence-electron chi connectivity index (χ0n) is 20.1. The van der Waals surface area contributed by atoms with E-state index in [9.17, 15) is 13.4 Å². The van der Waals surface area contributed by atoms with E-state index in [2.05, 4.69) is 0 Å². The van der Waals surface area contributed by atoms with Crippen LogP contribution in [0.5, 0.6) is 17.2 Å². The second-order valence-corrected chi connectivity index (χ2v) is 7.42. The maximum Gasteiger partial charge on any atom is 0.796 e. The van der Waals surface area contributed by atoms with Crippen molar-refractivity contribution < 1.29 is 32.3 Å². The summed E-state index contributed by atoms with van der Waals surface area (Å²) < 4.78 is 47.1. The molecule has 36 heavy (non-hydrogen) atoms. The molecule has 0 saturated carbocycles. The van der Waals surface area contributed by atoms with Crippen LogP contribution in [0, 0.1) is 0 Å². The van der Waals surface area contributed by atoms with Crippen LogP contribution in [0.2, 0.25) is 0 Å². The number of hydrogen-bond acceptors (Lipinski definition) is 5. The van der Waals surface area contributed by atoms with Crippen molar-refractivity contribution in [2.45, 2.75) is 0 Å². The standard InChI is InChI=1S/C28H25BF2O5/c1-33-23-12-4-20(5-13-23)8-18-26(32)28(22-10-16-25(35-3)17-11-22)27(36-29(30)31)19-9-21-6-14-24(34-2)15-7-21/h4-19H,1-3H3/b18-8+,19-9+,28-27-. The van der Waals surface area contributed by atoms with E-state index >= 15 is 0 Å². The van der Waals surface area contributed by atoms with E-state index in [-0.39, 0.29) is 11.3 Å². The molecule has 3 rings (SSSR count). The zero-order valence-corrected chi connectivity index (χ0v) is 20.1. The fourth-order valence-electron chi connectivity index (χ4n) is 3.30. The molecule has 0 saturated heterocycles. The average Bonchev–Trinajstić information content (AvgIpc) is 2.91. The molecule has 8 heteroatoms. The van der Waals surface area contributed by atoms with Crippen LogP contribution in [0.4, 0.5) is 8.63 Å². The molecule has 0 aromatic heterocycles. The van der Waals surface area contributed by atoms with Gasteiger partial charge in [-0.25, -0.2) is 8.63 Å². The molecular formula is C28H25BF2O5. The van der Waals surface area contributed by atoms with Crippen molar-refractivity contribution in [3.05, 3.63) is 107 Å². The van der Waals surface area contributed by atoms with Gasteiger partial charge in [0.25, 0.3) is 0 Å². The summed E-state index contributed by atoms with van der Waals surface area (Å²) in [4.78, 5) is 13.3. The summed E-state index contributed by atoms with van der Waals surface area (Å²) in [5, 5.41) is 0. The molecule has 3 aromatic rings. The van der Waals surface area contributed by atoms with Gasteiger partial charge in [-0.3, -0.25) is 4.79 Å². The minimum absolute atomic E-state index is 0.0209. The Labute approximate surface area is 209 Å². The van der Waals surface area contributed by atoms with Crippen molar-refractivity contribution in [1.29, 1.82) is 0 Å². The minimum Gasteiger partial charge on any atom is -0.505 e. The van der Waals surface area contributed by atoms with E-state index in [0.29, 0.717) is 28.4 Å². The molecule has 5 nitrogen and oxygen atoms in total. The highest BCUT2D eigenvalue weighted by molar-refractivity contribution is 6.36. The van der Waals surface area contributed by atoms with E-state index in [1.807, 2.05) is 0 Å². The van der Waals surface area contributed by atoms with Crippen molar-refractivity contribution in [3.8, 4) is 17.2 Å². The Morgan fingerprint density at radius 1 is 0.667 bits per heavy atom. The number of rotatable bonds is 11. The largest absolute Gasteiger partial charge is 0.796 e. The van der Waals surface area contributed by atoms with E-state index in [1.165, 1.54) is 19.3 Å².